The molecule has 0 unspecified atom stereocenters. The van der Waals surface area contributed by atoms with Crippen LogP contribution in [-0.2, 0) is 13.2 Å². The molecule has 2 aromatic rings. The molecule has 2 rings (SSSR count). The lowest BCUT2D eigenvalue weighted by Gasteiger charge is -2.11. The van der Waals surface area contributed by atoms with Crippen LogP contribution in [0.25, 0.3) is 0 Å². The van der Waals surface area contributed by atoms with E-state index in [9.17, 15) is 0 Å². The van der Waals surface area contributed by atoms with Crippen LogP contribution in [0.1, 0.15) is 11.1 Å². The Morgan fingerprint density at radius 1 is 1.11 bits per heavy atom. The molecule has 100 valence electrons. The smallest absolute Gasteiger partial charge is 0.121 e. The van der Waals surface area contributed by atoms with Crippen molar-refractivity contribution in [2.24, 2.45) is 0 Å². The fourth-order valence-corrected chi connectivity index (χ4v) is 1.79. The molecule has 0 radical (unpaired) electrons. The summed E-state index contributed by atoms with van der Waals surface area (Å²) in [5, 5.41) is 12.3. The van der Waals surface area contributed by atoms with Crippen LogP contribution in [-0.4, -0.2) is 12.2 Å². The van der Waals surface area contributed by atoms with Crippen LogP contribution >= 0.6 is 0 Å². The Hall–Kier alpha value is -2.20. The number of ether oxygens (including phenoxy) is 1. The summed E-state index contributed by atoms with van der Waals surface area (Å²) in [5.41, 5.74) is 9.51. The van der Waals surface area contributed by atoms with Crippen LogP contribution < -0.4 is 15.8 Å². The molecule has 2 aromatic carbocycles. The normalized spacial score (nSPS) is 10.2. The van der Waals surface area contributed by atoms with E-state index in [-0.39, 0.29) is 6.61 Å². The zero-order chi connectivity index (χ0) is 13.7. The van der Waals surface area contributed by atoms with E-state index in [1.807, 2.05) is 36.4 Å². The van der Waals surface area contributed by atoms with Crippen molar-refractivity contribution in [2.75, 3.05) is 18.2 Å². The van der Waals surface area contributed by atoms with E-state index in [0.29, 0.717) is 12.2 Å². The van der Waals surface area contributed by atoms with Crippen molar-refractivity contribution in [1.82, 2.24) is 0 Å². The van der Waals surface area contributed by atoms with Gasteiger partial charge in [0.05, 0.1) is 25.1 Å². The van der Waals surface area contributed by atoms with E-state index < -0.39 is 0 Å². The second-order valence-corrected chi connectivity index (χ2v) is 4.28. The fraction of sp³-hybridized carbons (Fsp3) is 0.200. The van der Waals surface area contributed by atoms with Gasteiger partial charge in [0, 0.05) is 12.6 Å². The molecule has 0 atom stereocenters. The van der Waals surface area contributed by atoms with E-state index in [0.717, 1.165) is 22.6 Å². The lowest BCUT2D eigenvalue weighted by molar-refractivity contribution is 0.282. The Kier molecular flexibility index (Phi) is 4.26. The van der Waals surface area contributed by atoms with Gasteiger partial charge in [0.15, 0.2) is 0 Å². The van der Waals surface area contributed by atoms with Crippen LogP contribution in [0, 0.1) is 0 Å². The number of nitrogen functional groups attached to an aromatic ring is 1. The van der Waals surface area contributed by atoms with Crippen molar-refractivity contribution in [1.29, 1.82) is 0 Å². The summed E-state index contributed by atoms with van der Waals surface area (Å²) in [6.07, 6.45) is 0. The average Bonchev–Trinajstić information content (AvgIpc) is 2.46. The molecule has 0 amide bonds. The lowest BCUT2D eigenvalue weighted by atomic mass is 10.1. The first kappa shape index (κ1) is 13.2. The first-order valence-electron chi connectivity index (χ1n) is 6.09. The summed E-state index contributed by atoms with van der Waals surface area (Å²) in [4.78, 5) is 0. The van der Waals surface area contributed by atoms with Crippen LogP contribution in [0.3, 0.4) is 0 Å². The van der Waals surface area contributed by atoms with Crippen molar-refractivity contribution in [3.8, 4) is 5.75 Å². The van der Waals surface area contributed by atoms with Gasteiger partial charge in [-0.05, 0) is 23.3 Å². The van der Waals surface area contributed by atoms with E-state index in [1.165, 1.54) is 0 Å². The highest BCUT2D eigenvalue weighted by molar-refractivity contribution is 5.68. The quantitative estimate of drug-likeness (QED) is 0.720. The van der Waals surface area contributed by atoms with Crippen molar-refractivity contribution in [3.05, 3.63) is 53.6 Å². The Labute approximate surface area is 112 Å². The summed E-state index contributed by atoms with van der Waals surface area (Å²) in [5.74, 6) is 0.746. The molecule has 0 aliphatic heterocycles. The number of hydrogen-bond donors (Lipinski definition) is 3. The number of aliphatic hydroxyl groups is 1. The predicted octanol–water partition coefficient (Wildman–Crippen LogP) is 2.38. The molecule has 4 N–H and O–H groups in total. The van der Waals surface area contributed by atoms with Crippen molar-refractivity contribution >= 4 is 11.4 Å². The van der Waals surface area contributed by atoms with Crippen LogP contribution in [0.5, 0.6) is 5.75 Å². The number of methoxy groups -OCH3 is 1. The van der Waals surface area contributed by atoms with Crippen LogP contribution in [0.15, 0.2) is 42.5 Å². The summed E-state index contributed by atoms with van der Waals surface area (Å²) in [6, 6.07) is 13.3. The van der Waals surface area contributed by atoms with Crippen molar-refractivity contribution in [3.63, 3.8) is 0 Å². The average molecular weight is 258 g/mol. The third-order valence-corrected chi connectivity index (χ3v) is 2.95. The number of nitrogens with two attached hydrogens (primary N) is 1. The Morgan fingerprint density at radius 3 is 2.37 bits per heavy atom. The molecule has 19 heavy (non-hydrogen) atoms. The molecular weight excluding hydrogens is 240 g/mol. The topological polar surface area (TPSA) is 67.5 Å². The third-order valence-electron chi connectivity index (χ3n) is 2.95. The zero-order valence-corrected chi connectivity index (χ0v) is 10.9. The zero-order valence-electron chi connectivity index (χ0n) is 10.9. The molecule has 0 bridgehead atoms. The molecular formula is C15H18N2O2. The van der Waals surface area contributed by atoms with Gasteiger partial charge in [-0.25, -0.2) is 0 Å². The molecule has 0 heterocycles. The minimum Gasteiger partial charge on any atom is -0.497 e. The summed E-state index contributed by atoms with van der Waals surface area (Å²) >= 11 is 0. The molecule has 4 heteroatoms. The standard InChI is InChI=1S/C15H18N2O2/c1-19-13-6-7-15(14(16)8-13)17-9-11-2-4-12(10-18)5-3-11/h2-8,17-18H,9-10,16H2,1H3. The molecule has 4 nitrogen and oxygen atoms in total. The van der Waals surface area contributed by atoms with Gasteiger partial charge < -0.3 is 20.9 Å². The van der Waals surface area contributed by atoms with Gasteiger partial charge in [-0.2, -0.15) is 0 Å². The minimum absolute atomic E-state index is 0.0686. The van der Waals surface area contributed by atoms with Gasteiger partial charge in [-0.3, -0.25) is 0 Å². The third kappa shape index (κ3) is 3.39. The van der Waals surface area contributed by atoms with E-state index in [4.69, 9.17) is 15.6 Å². The maximum atomic E-state index is 8.98. The maximum Gasteiger partial charge on any atom is 0.121 e. The van der Waals surface area contributed by atoms with E-state index in [1.54, 1.807) is 13.2 Å². The summed E-state index contributed by atoms with van der Waals surface area (Å²) in [6.45, 7) is 0.751. The van der Waals surface area contributed by atoms with Crippen molar-refractivity contribution < 1.29 is 9.84 Å². The highest BCUT2D eigenvalue weighted by Gasteiger charge is 2.01. The van der Waals surface area contributed by atoms with E-state index >= 15 is 0 Å². The lowest BCUT2D eigenvalue weighted by Crippen LogP contribution is -2.02. The highest BCUT2D eigenvalue weighted by atomic mass is 16.5. The molecule has 0 saturated carbocycles. The Balaban J connectivity index is 2.01. The number of anilines is 2. The van der Waals surface area contributed by atoms with Gasteiger partial charge in [0.2, 0.25) is 0 Å². The first-order valence-corrected chi connectivity index (χ1v) is 6.09. The maximum absolute atomic E-state index is 8.98. The largest absolute Gasteiger partial charge is 0.497 e. The molecule has 0 aliphatic carbocycles. The fourth-order valence-electron chi connectivity index (χ4n) is 1.79. The van der Waals surface area contributed by atoms with Gasteiger partial charge >= 0.3 is 0 Å². The number of benzene rings is 2. The molecule has 0 fully saturated rings. The van der Waals surface area contributed by atoms with E-state index in [2.05, 4.69) is 5.32 Å². The number of hydrogen-bond acceptors (Lipinski definition) is 4. The molecule has 0 aliphatic rings. The van der Waals surface area contributed by atoms with Crippen LogP contribution in [0.4, 0.5) is 11.4 Å². The number of rotatable bonds is 5. The molecule has 0 spiro atoms. The highest BCUT2D eigenvalue weighted by Crippen LogP contribution is 2.24. The Bertz CT molecular complexity index is 538. The van der Waals surface area contributed by atoms with Gasteiger partial charge in [0.1, 0.15) is 5.75 Å². The molecule has 0 aromatic heterocycles. The SMILES string of the molecule is COc1ccc(NCc2ccc(CO)cc2)c(N)c1. The Morgan fingerprint density at radius 2 is 1.79 bits per heavy atom. The predicted molar refractivity (Wildman–Crippen MR) is 77.1 cm³/mol. The van der Waals surface area contributed by atoms with Crippen molar-refractivity contribution in [2.45, 2.75) is 13.2 Å². The van der Waals surface area contributed by atoms with Gasteiger partial charge in [0.25, 0.3) is 0 Å². The second-order valence-electron chi connectivity index (χ2n) is 4.28. The molecule has 0 saturated heterocycles. The number of aliphatic hydroxyl groups excluding tert-OH is 1. The van der Waals surface area contributed by atoms with Crippen LogP contribution in [0.2, 0.25) is 0 Å². The monoisotopic (exact) mass is 258 g/mol. The van der Waals surface area contributed by atoms with Gasteiger partial charge in [-0.15, -0.1) is 0 Å². The van der Waals surface area contributed by atoms with Gasteiger partial charge in [-0.1, -0.05) is 24.3 Å². The summed E-state index contributed by atoms with van der Waals surface area (Å²) < 4.78 is 5.11. The first-order chi connectivity index (χ1) is 9.22. The number of nitrogens with one attached hydrogen (secondary N) is 1. The summed E-state index contributed by atoms with van der Waals surface area (Å²) in [7, 11) is 1.62. The minimum atomic E-state index is 0.0686. The second kappa shape index (κ2) is 6.11.